The number of carbonyl (C=O) groups is 2. The topological polar surface area (TPSA) is 61.4 Å². The van der Waals surface area contributed by atoms with Crippen LogP contribution in [0.4, 0.5) is 0 Å². The van der Waals surface area contributed by atoms with Gasteiger partial charge in [-0.05, 0) is 60.6 Å². The lowest BCUT2D eigenvalue weighted by atomic mass is 10.0. The van der Waals surface area contributed by atoms with Crippen LogP contribution in [0.1, 0.15) is 34.1 Å². The van der Waals surface area contributed by atoms with Crippen LogP contribution in [0.2, 0.25) is 0 Å². The molecule has 1 unspecified atom stereocenters. The van der Waals surface area contributed by atoms with Crippen molar-refractivity contribution in [1.29, 1.82) is 0 Å². The molecule has 6 heteroatoms. The van der Waals surface area contributed by atoms with Crippen LogP contribution in [0, 0.1) is 0 Å². The highest BCUT2D eigenvalue weighted by Crippen LogP contribution is 2.27. The third-order valence-corrected chi connectivity index (χ3v) is 6.58. The maximum absolute atomic E-state index is 12.4. The highest BCUT2D eigenvalue weighted by Gasteiger charge is 2.24. The highest BCUT2D eigenvalue weighted by molar-refractivity contribution is 7.10. The molecule has 5 nitrogen and oxygen atoms in total. The largest absolute Gasteiger partial charge is 0.353 e. The third kappa shape index (κ3) is 5.60. The van der Waals surface area contributed by atoms with Crippen LogP contribution in [0.5, 0.6) is 0 Å². The van der Waals surface area contributed by atoms with Crippen molar-refractivity contribution in [2.24, 2.45) is 0 Å². The summed E-state index contributed by atoms with van der Waals surface area (Å²) in [6.45, 7) is 2.65. The summed E-state index contributed by atoms with van der Waals surface area (Å²) in [7, 11) is 0. The number of likely N-dealkylation sites (tertiary alicyclic amines) is 1. The predicted molar refractivity (Wildman–Crippen MR) is 125 cm³/mol. The van der Waals surface area contributed by atoms with Crippen molar-refractivity contribution in [2.45, 2.75) is 18.9 Å². The molecule has 0 bridgehead atoms. The molecule has 0 aliphatic carbocycles. The summed E-state index contributed by atoms with van der Waals surface area (Å²) in [6.07, 6.45) is 2.41. The van der Waals surface area contributed by atoms with Gasteiger partial charge in [-0.1, -0.05) is 48.5 Å². The van der Waals surface area contributed by atoms with Crippen molar-refractivity contribution in [3.63, 3.8) is 0 Å². The normalized spacial score (nSPS) is 14.8. The fourth-order valence-electron chi connectivity index (χ4n) is 3.92. The van der Waals surface area contributed by atoms with Crippen LogP contribution in [-0.2, 0) is 4.79 Å². The fraction of sp³-hybridized carbons (Fsp3) is 0.280. The van der Waals surface area contributed by atoms with Gasteiger partial charge in [0.05, 0.1) is 12.6 Å². The molecule has 3 aromatic rings. The lowest BCUT2D eigenvalue weighted by Crippen LogP contribution is -2.41. The van der Waals surface area contributed by atoms with Gasteiger partial charge in [0, 0.05) is 17.0 Å². The molecular formula is C25H27N3O2S. The number of benzene rings is 2. The molecule has 2 amide bonds. The van der Waals surface area contributed by atoms with Crippen molar-refractivity contribution in [3.8, 4) is 11.1 Å². The van der Waals surface area contributed by atoms with Gasteiger partial charge in [-0.15, -0.1) is 11.3 Å². The molecule has 2 N–H and O–H groups in total. The molecule has 1 aromatic heterocycles. The van der Waals surface area contributed by atoms with E-state index in [0.717, 1.165) is 24.2 Å². The van der Waals surface area contributed by atoms with Gasteiger partial charge in [0.2, 0.25) is 5.91 Å². The van der Waals surface area contributed by atoms with Crippen LogP contribution >= 0.6 is 11.3 Å². The maximum Gasteiger partial charge on any atom is 0.251 e. The minimum Gasteiger partial charge on any atom is -0.353 e. The highest BCUT2D eigenvalue weighted by atomic mass is 32.1. The van der Waals surface area contributed by atoms with E-state index in [-0.39, 0.29) is 24.4 Å². The maximum atomic E-state index is 12.4. The van der Waals surface area contributed by atoms with E-state index in [2.05, 4.69) is 27.0 Å². The van der Waals surface area contributed by atoms with Crippen molar-refractivity contribution in [1.82, 2.24) is 15.5 Å². The Hall–Kier alpha value is -2.96. The Kier molecular flexibility index (Phi) is 7.12. The molecule has 2 heterocycles. The van der Waals surface area contributed by atoms with E-state index >= 15 is 0 Å². The smallest absolute Gasteiger partial charge is 0.251 e. The van der Waals surface area contributed by atoms with E-state index in [1.54, 1.807) is 23.5 Å². The first-order valence-electron chi connectivity index (χ1n) is 10.7. The minimum atomic E-state index is -0.246. The Morgan fingerprint density at radius 3 is 2.26 bits per heavy atom. The fourth-order valence-corrected chi connectivity index (χ4v) is 4.78. The Balaban J connectivity index is 1.27. The number of thiophene rings is 1. The van der Waals surface area contributed by atoms with Gasteiger partial charge in [0.25, 0.3) is 5.91 Å². The van der Waals surface area contributed by atoms with Crippen molar-refractivity contribution in [3.05, 3.63) is 82.6 Å². The SMILES string of the molecule is O=C(CNC(=O)c1ccc(-c2ccccc2)cc1)NCC(c1cccs1)N1CCCC1. The van der Waals surface area contributed by atoms with Gasteiger partial charge < -0.3 is 10.6 Å². The zero-order valence-corrected chi connectivity index (χ0v) is 18.2. The number of hydrogen-bond donors (Lipinski definition) is 2. The molecule has 0 saturated carbocycles. The molecule has 0 radical (unpaired) electrons. The molecular weight excluding hydrogens is 406 g/mol. The summed E-state index contributed by atoms with van der Waals surface area (Å²) in [5.41, 5.74) is 2.70. The van der Waals surface area contributed by atoms with Gasteiger partial charge in [-0.25, -0.2) is 0 Å². The Labute approximate surface area is 187 Å². The number of amides is 2. The number of nitrogens with one attached hydrogen (secondary N) is 2. The lowest BCUT2D eigenvalue weighted by Gasteiger charge is -2.26. The standard InChI is InChI=1S/C25H27N3O2S/c29-24(26-17-22(23-9-6-16-31-23)28-14-4-5-15-28)18-27-25(30)21-12-10-20(11-13-21)19-7-2-1-3-8-19/h1-3,6-13,16,22H,4-5,14-15,17-18H2,(H,26,29)(H,27,30). The molecule has 1 aliphatic rings. The van der Waals surface area contributed by atoms with Crippen LogP contribution in [0.3, 0.4) is 0 Å². The number of hydrogen-bond acceptors (Lipinski definition) is 4. The van der Waals surface area contributed by atoms with E-state index in [9.17, 15) is 9.59 Å². The Morgan fingerprint density at radius 1 is 0.871 bits per heavy atom. The first-order valence-corrected chi connectivity index (χ1v) is 11.6. The molecule has 1 atom stereocenters. The van der Waals surface area contributed by atoms with Gasteiger partial charge in [0.15, 0.2) is 0 Å². The van der Waals surface area contributed by atoms with Crippen molar-refractivity contribution < 1.29 is 9.59 Å². The third-order valence-electron chi connectivity index (χ3n) is 5.61. The van der Waals surface area contributed by atoms with Gasteiger partial charge in [0.1, 0.15) is 0 Å². The Morgan fingerprint density at radius 2 is 1.58 bits per heavy atom. The summed E-state index contributed by atoms with van der Waals surface area (Å²) in [5.74, 6) is -0.417. The van der Waals surface area contributed by atoms with Crippen LogP contribution in [0.15, 0.2) is 72.1 Å². The first-order chi connectivity index (χ1) is 15.2. The second kappa shape index (κ2) is 10.4. The van der Waals surface area contributed by atoms with E-state index < -0.39 is 0 Å². The zero-order chi connectivity index (χ0) is 21.5. The average Bonchev–Trinajstić information content (AvgIpc) is 3.54. The first kappa shape index (κ1) is 21.3. The molecule has 4 rings (SSSR count). The number of nitrogens with zero attached hydrogens (tertiary/aromatic N) is 1. The van der Waals surface area contributed by atoms with Crippen LogP contribution < -0.4 is 10.6 Å². The summed E-state index contributed by atoms with van der Waals surface area (Å²) in [4.78, 5) is 28.5. The monoisotopic (exact) mass is 433 g/mol. The Bertz CT molecular complexity index is 981. The van der Waals surface area contributed by atoms with Gasteiger partial charge in [-0.2, -0.15) is 0 Å². The summed E-state index contributed by atoms with van der Waals surface area (Å²) in [5, 5.41) is 7.79. The van der Waals surface area contributed by atoms with Crippen LogP contribution in [-0.4, -0.2) is 42.9 Å². The van der Waals surface area contributed by atoms with Crippen molar-refractivity contribution >= 4 is 23.2 Å². The minimum absolute atomic E-state index is 0.0313. The number of carbonyl (C=O) groups excluding carboxylic acids is 2. The summed E-state index contributed by atoms with van der Waals surface area (Å²) < 4.78 is 0. The lowest BCUT2D eigenvalue weighted by molar-refractivity contribution is -0.120. The average molecular weight is 434 g/mol. The quantitative estimate of drug-likeness (QED) is 0.562. The molecule has 2 aromatic carbocycles. The van der Waals surface area contributed by atoms with Gasteiger partial charge >= 0.3 is 0 Å². The predicted octanol–water partition coefficient (Wildman–Crippen LogP) is 4.10. The summed E-state index contributed by atoms with van der Waals surface area (Å²) in [6, 6.07) is 21.8. The molecule has 1 fully saturated rings. The number of rotatable bonds is 8. The molecule has 31 heavy (non-hydrogen) atoms. The van der Waals surface area contributed by atoms with Gasteiger partial charge in [-0.3, -0.25) is 14.5 Å². The second-order valence-corrected chi connectivity index (χ2v) is 8.68. The van der Waals surface area contributed by atoms with E-state index in [0.29, 0.717) is 12.1 Å². The second-order valence-electron chi connectivity index (χ2n) is 7.70. The molecule has 0 spiro atoms. The zero-order valence-electron chi connectivity index (χ0n) is 17.4. The van der Waals surface area contributed by atoms with E-state index in [4.69, 9.17) is 0 Å². The molecule has 160 valence electrons. The van der Waals surface area contributed by atoms with Crippen LogP contribution in [0.25, 0.3) is 11.1 Å². The molecule has 1 saturated heterocycles. The van der Waals surface area contributed by atoms with E-state index in [1.807, 2.05) is 48.5 Å². The summed E-state index contributed by atoms with van der Waals surface area (Å²) >= 11 is 1.72. The van der Waals surface area contributed by atoms with Crippen molar-refractivity contribution in [2.75, 3.05) is 26.2 Å². The molecule has 1 aliphatic heterocycles. The van der Waals surface area contributed by atoms with E-state index in [1.165, 1.54) is 17.7 Å².